The second-order valence-electron chi connectivity index (χ2n) is 3.85. The lowest BCUT2D eigenvalue weighted by atomic mass is 10.1. The van der Waals surface area contributed by atoms with E-state index in [-0.39, 0.29) is 19.1 Å². The molecule has 1 aromatic carbocycles. The number of hydrogen-bond donors (Lipinski definition) is 3. The number of aliphatic hydroxyl groups is 2. The highest BCUT2D eigenvalue weighted by Crippen LogP contribution is 2.08. The fourth-order valence-corrected chi connectivity index (χ4v) is 1.60. The molecule has 1 unspecified atom stereocenters. The topological polar surface area (TPSA) is 69.6 Å². The van der Waals surface area contributed by atoms with Crippen LogP contribution in [0.1, 0.15) is 17.3 Å². The maximum absolute atomic E-state index is 11.7. The van der Waals surface area contributed by atoms with Gasteiger partial charge in [-0.05, 0) is 47.7 Å². The minimum absolute atomic E-state index is 0.0216. The molecule has 88 valence electrons. The first-order valence-electron chi connectivity index (χ1n) is 4.81. The van der Waals surface area contributed by atoms with E-state index in [1.165, 1.54) is 6.92 Å². The van der Waals surface area contributed by atoms with Crippen molar-refractivity contribution in [3.63, 3.8) is 0 Å². The summed E-state index contributed by atoms with van der Waals surface area (Å²) in [6, 6.07) is 7.14. The molecule has 4 nitrogen and oxygen atoms in total. The molecule has 1 atom stereocenters. The van der Waals surface area contributed by atoms with Gasteiger partial charge in [-0.25, -0.2) is 0 Å². The van der Waals surface area contributed by atoms with Crippen LogP contribution in [-0.2, 0) is 0 Å². The molecule has 5 heteroatoms. The van der Waals surface area contributed by atoms with Gasteiger partial charge in [0.15, 0.2) is 0 Å². The van der Waals surface area contributed by atoms with Gasteiger partial charge in [-0.15, -0.1) is 0 Å². The van der Waals surface area contributed by atoms with Crippen molar-refractivity contribution >= 4 is 28.5 Å². The number of amides is 1. The Kier molecular flexibility index (Phi) is 4.69. The Morgan fingerprint density at radius 1 is 1.56 bits per heavy atom. The van der Waals surface area contributed by atoms with Gasteiger partial charge in [0.25, 0.3) is 5.91 Å². The molecule has 0 aliphatic rings. The fraction of sp³-hybridized carbons (Fsp3) is 0.364. The van der Waals surface area contributed by atoms with Crippen LogP contribution in [0.5, 0.6) is 0 Å². The van der Waals surface area contributed by atoms with Crippen molar-refractivity contribution in [1.29, 1.82) is 0 Å². The fourth-order valence-electron chi connectivity index (χ4n) is 1.06. The summed E-state index contributed by atoms with van der Waals surface area (Å²) < 4.78 is 0.971. The maximum Gasteiger partial charge on any atom is 0.251 e. The number of aliphatic hydroxyl groups excluding tert-OH is 1. The van der Waals surface area contributed by atoms with Gasteiger partial charge in [0, 0.05) is 15.7 Å². The zero-order chi connectivity index (χ0) is 12.2. The van der Waals surface area contributed by atoms with Gasteiger partial charge in [0.2, 0.25) is 0 Å². The highest BCUT2D eigenvalue weighted by molar-refractivity contribution is 14.1. The SMILES string of the molecule is CC(O)(CO)CNC(=O)c1cccc(I)c1. The Morgan fingerprint density at radius 3 is 2.81 bits per heavy atom. The molecule has 0 radical (unpaired) electrons. The molecule has 16 heavy (non-hydrogen) atoms. The first-order valence-corrected chi connectivity index (χ1v) is 5.89. The van der Waals surface area contributed by atoms with Crippen molar-refractivity contribution in [3.8, 4) is 0 Å². The van der Waals surface area contributed by atoms with E-state index in [1.54, 1.807) is 18.2 Å². The van der Waals surface area contributed by atoms with Crippen molar-refractivity contribution in [2.75, 3.05) is 13.2 Å². The maximum atomic E-state index is 11.7. The van der Waals surface area contributed by atoms with E-state index in [0.29, 0.717) is 5.56 Å². The third kappa shape index (κ3) is 4.07. The van der Waals surface area contributed by atoms with E-state index in [2.05, 4.69) is 27.9 Å². The summed E-state index contributed by atoms with van der Waals surface area (Å²) in [6.07, 6.45) is 0. The number of nitrogens with one attached hydrogen (secondary N) is 1. The summed E-state index contributed by atoms with van der Waals surface area (Å²) in [5.41, 5.74) is -0.738. The van der Waals surface area contributed by atoms with Gasteiger partial charge in [-0.1, -0.05) is 6.07 Å². The number of benzene rings is 1. The van der Waals surface area contributed by atoms with E-state index in [4.69, 9.17) is 5.11 Å². The van der Waals surface area contributed by atoms with Crippen molar-refractivity contribution in [2.45, 2.75) is 12.5 Å². The molecule has 0 saturated carbocycles. The smallest absolute Gasteiger partial charge is 0.251 e. The zero-order valence-electron chi connectivity index (χ0n) is 8.90. The van der Waals surface area contributed by atoms with Crippen molar-refractivity contribution in [1.82, 2.24) is 5.32 Å². The van der Waals surface area contributed by atoms with Crippen LogP contribution < -0.4 is 5.32 Å². The van der Waals surface area contributed by atoms with Crippen LogP contribution in [0.3, 0.4) is 0 Å². The summed E-state index contributed by atoms with van der Waals surface area (Å²) in [4.78, 5) is 11.7. The van der Waals surface area contributed by atoms with Gasteiger partial charge in [-0.2, -0.15) is 0 Å². The van der Waals surface area contributed by atoms with Crippen molar-refractivity contribution in [3.05, 3.63) is 33.4 Å². The zero-order valence-corrected chi connectivity index (χ0v) is 11.1. The number of rotatable bonds is 4. The van der Waals surface area contributed by atoms with Gasteiger partial charge < -0.3 is 15.5 Å². The third-order valence-corrected chi connectivity index (χ3v) is 2.73. The van der Waals surface area contributed by atoms with E-state index in [0.717, 1.165) is 3.57 Å². The minimum atomic E-state index is -1.28. The van der Waals surface area contributed by atoms with E-state index < -0.39 is 5.60 Å². The normalized spacial score (nSPS) is 14.2. The summed E-state index contributed by atoms with van der Waals surface area (Å²) >= 11 is 2.12. The van der Waals surface area contributed by atoms with E-state index in [1.807, 2.05) is 6.07 Å². The Labute approximate surface area is 108 Å². The van der Waals surface area contributed by atoms with Crippen LogP contribution in [0.4, 0.5) is 0 Å². The quantitative estimate of drug-likeness (QED) is 0.712. The minimum Gasteiger partial charge on any atom is -0.393 e. The first kappa shape index (κ1) is 13.4. The standard InChI is InChI=1S/C11H14INO3/c1-11(16,7-14)6-13-10(15)8-3-2-4-9(12)5-8/h2-5,14,16H,6-7H2,1H3,(H,13,15). The number of halogens is 1. The molecule has 0 aromatic heterocycles. The lowest BCUT2D eigenvalue weighted by Crippen LogP contribution is -2.43. The Bertz CT molecular complexity index is 379. The van der Waals surface area contributed by atoms with Crippen LogP contribution in [0.25, 0.3) is 0 Å². The summed E-state index contributed by atoms with van der Waals surface area (Å²) in [5, 5.41) is 20.9. The highest BCUT2D eigenvalue weighted by Gasteiger charge is 2.20. The molecule has 0 bridgehead atoms. The number of carbonyl (C=O) groups excluding carboxylic acids is 1. The molecular weight excluding hydrogens is 321 g/mol. The Balaban J connectivity index is 2.60. The molecule has 0 heterocycles. The van der Waals surface area contributed by atoms with Gasteiger partial charge in [0.05, 0.1) is 6.61 Å². The lowest BCUT2D eigenvalue weighted by molar-refractivity contribution is 0.00320. The molecule has 0 spiro atoms. The molecule has 3 N–H and O–H groups in total. The molecule has 1 aromatic rings. The molecule has 0 aliphatic heterocycles. The lowest BCUT2D eigenvalue weighted by Gasteiger charge is -2.20. The van der Waals surface area contributed by atoms with Crippen LogP contribution in [0.15, 0.2) is 24.3 Å². The van der Waals surface area contributed by atoms with Gasteiger partial charge >= 0.3 is 0 Å². The largest absolute Gasteiger partial charge is 0.393 e. The number of hydrogen-bond acceptors (Lipinski definition) is 3. The van der Waals surface area contributed by atoms with Gasteiger partial charge in [-0.3, -0.25) is 4.79 Å². The highest BCUT2D eigenvalue weighted by atomic mass is 127. The second-order valence-corrected chi connectivity index (χ2v) is 5.09. The predicted molar refractivity (Wildman–Crippen MR) is 69.2 cm³/mol. The van der Waals surface area contributed by atoms with Crippen LogP contribution in [0.2, 0.25) is 0 Å². The summed E-state index contributed by atoms with van der Waals surface area (Å²) in [7, 11) is 0. The molecule has 0 aliphatic carbocycles. The average molecular weight is 335 g/mol. The molecular formula is C11H14INO3. The van der Waals surface area contributed by atoms with E-state index in [9.17, 15) is 9.90 Å². The third-order valence-electron chi connectivity index (χ3n) is 2.06. The molecule has 1 amide bonds. The molecule has 0 saturated heterocycles. The first-order chi connectivity index (χ1) is 7.44. The summed E-state index contributed by atoms with van der Waals surface area (Å²) in [6.45, 7) is 1.09. The van der Waals surface area contributed by atoms with Crippen LogP contribution in [0, 0.1) is 3.57 Å². The van der Waals surface area contributed by atoms with E-state index >= 15 is 0 Å². The second kappa shape index (κ2) is 5.60. The average Bonchev–Trinajstić information content (AvgIpc) is 2.26. The Hall–Kier alpha value is -0.660. The van der Waals surface area contributed by atoms with Crippen LogP contribution >= 0.6 is 22.6 Å². The number of carbonyl (C=O) groups is 1. The van der Waals surface area contributed by atoms with Crippen LogP contribution in [-0.4, -0.2) is 34.9 Å². The summed E-state index contributed by atoms with van der Waals surface area (Å²) in [5.74, 6) is -0.257. The van der Waals surface area contributed by atoms with Gasteiger partial charge in [0.1, 0.15) is 5.60 Å². The molecule has 0 fully saturated rings. The van der Waals surface area contributed by atoms with Crippen molar-refractivity contribution in [2.24, 2.45) is 0 Å². The van der Waals surface area contributed by atoms with Crippen molar-refractivity contribution < 1.29 is 15.0 Å². The monoisotopic (exact) mass is 335 g/mol. The Morgan fingerprint density at radius 2 is 2.25 bits per heavy atom. The predicted octanol–water partition coefficient (Wildman–Crippen LogP) is 0.764. The molecule has 1 rings (SSSR count).